The summed E-state index contributed by atoms with van der Waals surface area (Å²) in [5, 5.41) is 0.987. The Bertz CT molecular complexity index is 1090. The molecule has 0 atom stereocenters. The van der Waals surface area contributed by atoms with Crippen molar-refractivity contribution in [2.45, 2.75) is 33.1 Å². The number of fused-ring (bicyclic) bond motifs is 1. The van der Waals surface area contributed by atoms with E-state index in [2.05, 4.69) is 23.2 Å². The smallest absolute Gasteiger partial charge is 0.255 e. The number of rotatable bonds is 5. The molecule has 1 fully saturated rings. The third-order valence-corrected chi connectivity index (χ3v) is 6.01. The summed E-state index contributed by atoms with van der Waals surface area (Å²) in [6.45, 7) is 6.24. The number of benzene rings is 2. The van der Waals surface area contributed by atoms with E-state index in [4.69, 9.17) is 0 Å². The first kappa shape index (κ1) is 21.0. The van der Waals surface area contributed by atoms with Crippen molar-refractivity contribution >= 4 is 22.7 Å². The van der Waals surface area contributed by atoms with Gasteiger partial charge in [0.25, 0.3) is 5.91 Å². The van der Waals surface area contributed by atoms with Crippen LogP contribution in [-0.4, -0.2) is 52.8 Å². The highest BCUT2D eigenvalue weighted by Gasteiger charge is 2.26. The molecule has 0 unspecified atom stereocenters. The minimum atomic E-state index is 0.00424. The molecule has 0 spiro atoms. The lowest BCUT2D eigenvalue weighted by molar-refractivity contribution is -0.132. The third-order valence-electron chi connectivity index (χ3n) is 6.01. The number of carbonyl (C=O) groups is 2. The first-order valence-electron chi connectivity index (χ1n) is 11.0. The summed E-state index contributed by atoms with van der Waals surface area (Å²) < 4.78 is 0. The highest BCUT2D eigenvalue weighted by Crippen LogP contribution is 2.20. The van der Waals surface area contributed by atoms with Crippen LogP contribution in [0.15, 0.2) is 54.6 Å². The zero-order valence-corrected chi connectivity index (χ0v) is 18.3. The summed E-state index contributed by atoms with van der Waals surface area (Å²) in [7, 11) is 0. The Kier molecular flexibility index (Phi) is 6.31. The zero-order chi connectivity index (χ0) is 21.8. The molecule has 4 rings (SSSR count). The van der Waals surface area contributed by atoms with Crippen molar-refractivity contribution in [2.75, 3.05) is 26.2 Å². The number of pyridine rings is 1. The zero-order valence-electron chi connectivity index (χ0n) is 18.3. The summed E-state index contributed by atoms with van der Waals surface area (Å²) in [6.07, 6.45) is 2.32. The van der Waals surface area contributed by atoms with Gasteiger partial charge in [0.2, 0.25) is 5.91 Å². The minimum Gasteiger partial charge on any atom is -0.339 e. The molecule has 5 heteroatoms. The highest BCUT2D eigenvalue weighted by molar-refractivity contribution is 5.98. The van der Waals surface area contributed by atoms with Crippen molar-refractivity contribution in [3.05, 3.63) is 77.0 Å². The molecule has 2 amide bonds. The van der Waals surface area contributed by atoms with E-state index in [0.717, 1.165) is 35.0 Å². The molecule has 0 saturated carbocycles. The van der Waals surface area contributed by atoms with Gasteiger partial charge in [-0.1, -0.05) is 42.0 Å². The van der Waals surface area contributed by atoms with Crippen LogP contribution in [0.1, 0.15) is 40.0 Å². The molecular weight excluding hydrogens is 386 g/mol. The summed E-state index contributed by atoms with van der Waals surface area (Å²) in [6, 6.07) is 18.3. The Morgan fingerprint density at radius 2 is 1.61 bits per heavy atom. The largest absolute Gasteiger partial charge is 0.339 e. The first-order valence-corrected chi connectivity index (χ1v) is 11.0. The predicted octanol–water partition coefficient (Wildman–Crippen LogP) is 4.16. The van der Waals surface area contributed by atoms with Gasteiger partial charge in [-0.3, -0.25) is 14.6 Å². The summed E-state index contributed by atoms with van der Waals surface area (Å²) in [5.41, 5.74) is 4.73. The monoisotopic (exact) mass is 415 g/mol. The van der Waals surface area contributed by atoms with Crippen molar-refractivity contribution in [1.82, 2.24) is 14.8 Å². The van der Waals surface area contributed by atoms with Crippen molar-refractivity contribution in [1.29, 1.82) is 0 Å². The standard InChI is InChI=1S/C26H29N3O2/c1-19-11-12-24-22(17-19)18-23(20(2)27-24)26(31)29-15-13-28(14-16-29)25(30)10-6-9-21-7-4-3-5-8-21/h3-5,7-8,11-12,17-18H,6,9-10,13-16H2,1-2H3. The van der Waals surface area contributed by atoms with E-state index in [-0.39, 0.29) is 11.8 Å². The van der Waals surface area contributed by atoms with Gasteiger partial charge < -0.3 is 9.80 Å². The van der Waals surface area contributed by atoms with Crippen LogP contribution in [0.4, 0.5) is 0 Å². The van der Waals surface area contributed by atoms with Crippen LogP contribution in [0.25, 0.3) is 10.9 Å². The maximum Gasteiger partial charge on any atom is 0.255 e. The van der Waals surface area contributed by atoms with Crippen LogP contribution in [0, 0.1) is 13.8 Å². The van der Waals surface area contributed by atoms with E-state index in [1.807, 2.05) is 60.0 Å². The molecule has 0 bridgehead atoms. The molecule has 1 aromatic heterocycles. The molecule has 0 radical (unpaired) electrons. The number of aryl methyl sites for hydroxylation is 3. The van der Waals surface area contributed by atoms with Crippen molar-refractivity contribution in [3.63, 3.8) is 0 Å². The second kappa shape index (κ2) is 9.29. The van der Waals surface area contributed by atoms with E-state index in [0.29, 0.717) is 38.2 Å². The van der Waals surface area contributed by atoms with Crippen LogP contribution in [0.2, 0.25) is 0 Å². The molecule has 1 saturated heterocycles. The number of carbonyl (C=O) groups excluding carboxylic acids is 2. The van der Waals surface area contributed by atoms with Crippen LogP contribution in [0.5, 0.6) is 0 Å². The lowest BCUT2D eigenvalue weighted by Crippen LogP contribution is -2.50. The summed E-state index contributed by atoms with van der Waals surface area (Å²) in [4.78, 5) is 34.1. The lowest BCUT2D eigenvalue weighted by Gasteiger charge is -2.35. The van der Waals surface area contributed by atoms with Gasteiger partial charge in [0.1, 0.15) is 0 Å². The molecule has 1 aliphatic heterocycles. The van der Waals surface area contributed by atoms with Crippen LogP contribution in [-0.2, 0) is 11.2 Å². The van der Waals surface area contributed by atoms with Crippen molar-refractivity contribution in [2.24, 2.45) is 0 Å². The number of hydrogen-bond acceptors (Lipinski definition) is 3. The van der Waals surface area contributed by atoms with Crippen LogP contribution in [0.3, 0.4) is 0 Å². The van der Waals surface area contributed by atoms with Crippen molar-refractivity contribution < 1.29 is 9.59 Å². The molecule has 2 aromatic carbocycles. The Morgan fingerprint density at radius 1 is 0.903 bits per heavy atom. The SMILES string of the molecule is Cc1ccc2nc(C)c(C(=O)N3CCN(C(=O)CCCc4ccccc4)CC3)cc2c1. The molecule has 0 N–H and O–H groups in total. The minimum absolute atomic E-state index is 0.00424. The van der Waals surface area contributed by atoms with Gasteiger partial charge in [0, 0.05) is 38.0 Å². The molecule has 5 nitrogen and oxygen atoms in total. The summed E-state index contributed by atoms with van der Waals surface area (Å²) in [5.74, 6) is 0.187. The number of amides is 2. The summed E-state index contributed by atoms with van der Waals surface area (Å²) >= 11 is 0. The maximum absolute atomic E-state index is 13.1. The average molecular weight is 416 g/mol. The fourth-order valence-electron chi connectivity index (χ4n) is 4.18. The predicted molar refractivity (Wildman–Crippen MR) is 123 cm³/mol. The van der Waals surface area contributed by atoms with E-state index in [9.17, 15) is 9.59 Å². The second-order valence-electron chi connectivity index (χ2n) is 8.33. The number of nitrogens with zero attached hydrogens (tertiary/aromatic N) is 3. The Morgan fingerprint density at radius 3 is 2.35 bits per heavy atom. The molecule has 2 heterocycles. The van der Waals surface area contributed by atoms with Crippen LogP contribution < -0.4 is 0 Å². The van der Waals surface area contributed by atoms with Gasteiger partial charge in [-0.05, 0) is 50.5 Å². The fourth-order valence-corrected chi connectivity index (χ4v) is 4.18. The van der Waals surface area contributed by atoms with Gasteiger partial charge in [-0.15, -0.1) is 0 Å². The van der Waals surface area contributed by atoms with E-state index < -0.39 is 0 Å². The van der Waals surface area contributed by atoms with Crippen LogP contribution >= 0.6 is 0 Å². The molecule has 3 aromatic rings. The highest BCUT2D eigenvalue weighted by atomic mass is 16.2. The lowest BCUT2D eigenvalue weighted by atomic mass is 10.1. The second-order valence-corrected chi connectivity index (χ2v) is 8.33. The van der Waals surface area contributed by atoms with Gasteiger partial charge in [0.15, 0.2) is 0 Å². The van der Waals surface area contributed by atoms with Crippen molar-refractivity contribution in [3.8, 4) is 0 Å². The topological polar surface area (TPSA) is 53.5 Å². The maximum atomic E-state index is 13.1. The van der Waals surface area contributed by atoms with E-state index >= 15 is 0 Å². The van der Waals surface area contributed by atoms with E-state index in [1.54, 1.807) is 0 Å². The number of hydrogen-bond donors (Lipinski definition) is 0. The molecule has 31 heavy (non-hydrogen) atoms. The quantitative estimate of drug-likeness (QED) is 0.629. The Balaban J connectivity index is 1.33. The molecule has 160 valence electrons. The molecule has 0 aliphatic carbocycles. The van der Waals surface area contributed by atoms with Gasteiger partial charge >= 0.3 is 0 Å². The number of aromatic nitrogens is 1. The Hall–Kier alpha value is -3.21. The number of piperazine rings is 1. The van der Waals surface area contributed by atoms with Gasteiger partial charge in [-0.25, -0.2) is 0 Å². The molecule has 1 aliphatic rings. The van der Waals surface area contributed by atoms with Gasteiger partial charge in [-0.2, -0.15) is 0 Å². The average Bonchev–Trinajstić information content (AvgIpc) is 2.79. The van der Waals surface area contributed by atoms with Gasteiger partial charge in [0.05, 0.1) is 16.8 Å². The van der Waals surface area contributed by atoms with E-state index in [1.165, 1.54) is 5.56 Å². The fraction of sp³-hybridized carbons (Fsp3) is 0.346. The normalized spacial score (nSPS) is 14.1. The Labute approximate surface area is 183 Å². The third kappa shape index (κ3) is 4.93. The first-order chi connectivity index (χ1) is 15.0. The molecular formula is C26H29N3O2.